The molecule has 0 aromatic carbocycles. The van der Waals surface area contributed by atoms with Gasteiger partial charge in [0.15, 0.2) is 5.96 Å². The van der Waals surface area contributed by atoms with Crippen LogP contribution in [-0.4, -0.2) is 56.2 Å². The summed E-state index contributed by atoms with van der Waals surface area (Å²) >= 11 is 0. The third-order valence-electron chi connectivity index (χ3n) is 3.66. The summed E-state index contributed by atoms with van der Waals surface area (Å²) in [6.07, 6.45) is -2.89. The van der Waals surface area contributed by atoms with Crippen LogP contribution in [-0.2, 0) is 4.79 Å². The molecule has 0 bridgehead atoms. The molecule has 5 nitrogen and oxygen atoms in total. The number of piperidine rings is 1. The molecule has 1 amide bonds. The summed E-state index contributed by atoms with van der Waals surface area (Å²) in [6.45, 7) is 3.66. The van der Waals surface area contributed by atoms with E-state index in [4.69, 9.17) is 0 Å². The first-order chi connectivity index (χ1) is 10.4. The Morgan fingerprint density at radius 2 is 1.95 bits per heavy atom. The van der Waals surface area contributed by atoms with Crippen LogP contribution < -0.4 is 10.6 Å². The number of rotatable bonds is 5. The van der Waals surface area contributed by atoms with Crippen molar-refractivity contribution in [2.45, 2.75) is 38.8 Å². The average Bonchev–Trinajstić information content (AvgIpc) is 2.46. The molecule has 0 unspecified atom stereocenters. The van der Waals surface area contributed by atoms with Crippen LogP contribution in [0.2, 0.25) is 0 Å². The second-order valence-electron chi connectivity index (χ2n) is 5.41. The maximum Gasteiger partial charge on any atom is 0.390 e. The highest BCUT2D eigenvalue weighted by Crippen LogP contribution is 2.21. The van der Waals surface area contributed by atoms with Crippen molar-refractivity contribution in [1.29, 1.82) is 0 Å². The Labute approximate surface area is 129 Å². The van der Waals surface area contributed by atoms with E-state index in [9.17, 15) is 18.0 Å². The van der Waals surface area contributed by atoms with E-state index < -0.39 is 12.6 Å². The maximum absolute atomic E-state index is 12.2. The van der Waals surface area contributed by atoms with Gasteiger partial charge >= 0.3 is 6.18 Å². The lowest BCUT2D eigenvalue weighted by atomic mass is 9.93. The summed E-state index contributed by atoms with van der Waals surface area (Å²) in [4.78, 5) is 17.4. The molecule has 1 aliphatic heterocycles. The zero-order chi connectivity index (χ0) is 16.6. The summed E-state index contributed by atoms with van der Waals surface area (Å²) in [5, 5.41) is 5.65. The molecule has 0 aromatic heterocycles. The van der Waals surface area contributed by atoms with Gasteiger partial charge in [-0.3, -0.25) is 9.79 Å². The predicted octanol–water partition coefficient (Wildman–Crippen LogP) is 1.75. The van der Waals surface area contributed by atoms with Crippen molar-refractivity contribution in [3.8, 4) is 0 Å². The number of aliphatic imine (C=N–C) groups is 1. The van der Waals surface area contributed by atoms with E-state index >= 15 is 0 Å². The van der Waals surface area contributed by atoms with Crippen LogP contribution in [0.4, 0.5) is 13.2 Å². The quantitative estimate of drug-likeness (QED) is 0.599. The molecule has 8 heteroatoms. The van der Waals surface area contributed by atoms with E-state index in [0.717, 1.165) is 12.8 Å². The lowest BCUT2D eigenvalue weighted by Crippen LogP contribution is -2.46. The molecule has 2 N–H and O–H groups in total. The Morgan fingerprint density at radius 3 is 2.45 bits per heavy atom. The van der Waals surface area contributed by atoms with E-state index in [-0.39, 0.29) is 12.5 Å². The Morgan fingerprint density at radius 1 is 1.32 bits per heavy atom. The molecule has 0 aromatic rings. The summed E-state index contributed by atoms with van der Waals surface area (Å²) in [5.74, 6) is 0.892. The number of nitrogens with zero attached hydrogens (tertiary/aromatic N) is 2. The van der Waals surface area contributed by atoms with Crippen LogP contribution in [0.3, 0.4) is 0 Å². The summed E-state index contributed by atoms with van der Waals surface area (Å²) < 4.78 is 36.6. The third kappa shape index (κ3) is 7.00. The van der Waals surface area contributed by atoms with Crippen molar-refractivity contribution >= 4 is 11.9 Å². The SMILES string of the molecule is CCNC(=NCCC(F)(F)F)N1CCC(CC(=O)NC)CC1. The third-order valence-corrected chi connectivity index (χ3v) is 3.66. The molecule has 0 atom stereocenters. The summed E-state index contributed by atoms with van der Waals surface area (Å²) in [5.41, 5.74) is 0. The molecular weight excluding hydrogens is 297 g/mol. The standard InChI is InChI=1S/C14H25F3N4O/c1-3-19-13(20-7-6-14(15,16)17)21-8-4-11(5-9-21)10-12(22)18-2/h11H,3-10H2,1-2H3,(H,18,22)(H,19,20). The maximum atomic E-state index is 12.2. The second-order valence-corrected chi connectivity index (χ2v) is 5.41. The molecule has 22 heavy (non-hydrogen) atoms. The van der Waals surface area contributed by atoms with Crippen molar-refractivity contribution in [3.63, 3.8) is 0 Å². The topological polar surface area (TPSA) is 56.7 Å². The molecule has 0 saturated carbocycles. The van der Waals surface area contributed by atoms with E-state index in [1.165, 1.54) is 0 Å². The van der Waals surface area contributed by atoms with E-state index in [2.05, 4.69) is 15.6 Å². The number of alkyl halides is 3. The number of nitrogens with one attached hydrogen (secondary N) is 2. The second kappa shape index (κ2) is 8.85. The fraction of sp³-hybridized carbons (Fsp3) is 0.857. The van der Waals surface area contributed by atoms with Crippen LogP contribution in [0.25, 0.3) is 0 Å². The van der Waals surface area contributed by atoms with Gasteiger partial charge in [0.2, 0.25) is 5.91 Å². The predicted molar refractivity (Wildman–Crippen MR) is 79.6 cm³/mol. The minimum absolute atomic E-state index is 0.0317. The highest BCUT2D eigenvalue weighted by Gasteiger charge is 2.27. The van der Waals surface area contributed by atoms with Crippen molar-refractivity contribution < 1.29 is 18.0 Å². The molecule has 0 spiro atoms. The normalized spacial score (nSPS) is 17.5. The van der Waals surface area contributed by atoms with Crippen molar-refractivity contribution in [1.82, 2.24) is 15.5 Å². The fourth-order valence-corrected chi connectivity index (χ4v) is 2.43. The number of amides is 1. The average molecular weight is 322 g/mol. The van der Waals surface area contributed by atoms with E-state index in [0.29, 0.717) is 37.9 Å². The van der Waals surface area contributed by atoms with Gasteiger partial charge in [0.25, 0.3) is 0 Å². The molecule has 1 fully saturated rings. The highest BCUT2D eigenvalue weighted by atomic mass is 19.4. The Kier molecular flexibility index (Phi) is 7.47. The first-order valence-corrected chi connectivity index (χ1v) is 7.66. The first kappa shape index (κ1) is 18.6. The Balaban J connectivity index is 2.49. The zero-order valence-corrected chi connectivity index (χ0v) is 13.2. The van der Waals surface area contributed by atoms with Gasteiger partial charge in [-0.15, -0.1) is 0 Å². The lowest BCUT2D eigenvalue weighted by molar-refractivity contribution is -0.132. The van der Waals surface area contributed by atoms with Gasteiger partial charge in [-0.05, 0) is 25.7 Å². The first-order valence-electron chi connectivity index (χ1n) is 7.66. The van der Waals surface area contributed by atoms with Crippen molar-refractivity contribution in [2.24, 2.45) is 10.9 Å². The van der Waals surface area contributed by atoms with Gasteiger partial charge in [-0.1, -0.05) is 0 Å². The molecule has 0 aliphatic carbocycles. The molecule has 1 saturated heterocycles. The fourth-order valence-electron chi connectivity index (χ4n) is 2.43. The number of guanidine groups is 1. The molecule has 128 valence electrons. The number of halogens is 3. The monoisotopic (exact) mass is 322 g/mol. The minimum atomic E-state index is -4.18. The van der Waals surface area contributed by atoms with Gasteiger partial charge in [0.1, 0.15) is 0 Å². The highest BCUT2D eigenvalue weighted by molar-refractivity contribution is 5.80. The van der Waals surface area contributed by atoms with Crippen LogP contribution in [0.15, 0.2) is 4.99 Å². The molecular formula is C14H25F3N4O. The summed E-state index contributed by atoms with van der Waals surface area (Å²) in [6, 6.07) is 0. The van der Waals surface area contributed by atoms with Crippen LogP contribution >= 0.6 is 0 Å². The Hall–Kier alpha value is -1.47. The number of hydrogen-bond acceptors (Lipinski definition) is 2. The number of carbonyl (C=O) groups is 1. The summed E-state index contributed by atoms with van der Waals surface area (Å²) in [7, 11) is 1.62. The van der Waals surface area contributed by atoms with Gasteiger partial charge in [0.05, 0.1) is 13.0 Å². The molecule has 1 heterocycles. The van der Waals surface area contributed by atoms with Gasteiger partial charge in [-0.2, -0.15) is 13.2 Å². The van der Waals surface area contributed by atoms with Crippen molar-refractivity contribution in [3.05, 3.63) is 0 Å². The van der Waals surface area contributed by atoms with Crippen molar-refractivity contribution in [2.75, 3.05) is 33.2 Å². The molecule has 0 radical (unpaired) electrons. The van der Waals surface area contributed by atoms with Gasteiger partial charge in [-0.25, -0.2) is 0 Å². The lowest BCUT2D eigenvalue weighted by Gasteiger charge is -2.34. The van der Waals surface area contributed by atoms with Crippen LogP contribution in [0.1, 0.15) is 32.6 Å². The smallest absolute Gasteiger partial charge is 0.359 e. The molecule has 1 rings (SSSR count). The van der Waals surface area contributed by atoms with Crippen LogP contribution in [0.5, 0.6) is 0 Å². The van der Waals surface area contributed by atoms with Gasteiger partial charge < -0.3 is 15.5 Å². The number of likely N-dealkylation sites (tertiary alicyclic amines) is 1. The Bertz CT molecular complexity index is 377. The number of carbonyl (C=O) groups excluding carboxylic acids is 1. The van der Waals surface area contributed by atoms with E-state index in [1.54, 1.807) is 7.05 Å². The van der Waals surface area contributed by atoms with Gasteiger partial charge in [0, 0.05) is 33.1 Å². The van der Waals surface area contributed by atoms with E-state index in [1.807, 2.05) is 11.8 Å². The largest absolute Gasteiger partial charge is 0.390 e. The number of hydrogen-bond donors (Lipinski definition) is 2. The minimum Gasteiger partial charge on any atom is -0.359 e. The molecule has 1 aliphatic rings. The zero-order valence-electron chi connectivity index (χ0n) is 13.2. The van der Waals surface area contributed by atoms with Crippen LogP contribution in [0, 0.1) is 5.92 Å².